The lowest BCUT2D eigenvalue weighted by atomic mass is 9.87. The predicted molar refractivity (Wildman–Crippen MR) is 71.4 cm³/mol. The summed E-state index contributed by atoms with van der Waals surface area (Å²) in [5.74, 6) is -0.194. The minimum atomic E-state index is -0.392. The highest BCUT2D eigenvalue weighted by Gasteiger charge is 2.20. The summed E-state index contributed by atoms with van der Waals surface area (Å²) in [5.41, 5.74) is 1.17. The number of carbonyl (C=O) groups is 1. The third kappa shape index (κ3) is 3.77. The molecule has 0 bridgehead atoms. The zero-order chi connectivity index (χ0) is 13.8. The van der Waals surface area contributed by atoms with E-state index in [2.05, 4.69) is 5.32 Å². The van der Waals surface area contributed by atoms with Crippen LogP contribution in [0.25, 0.3) is 0 Å². The number of carbonyl (C=O) groups excluding carboxylic acids is 1. The van der Waals surface area contributed by atoms with Crippen molar-refractivity contribution in [1.82, 2.24) is 5.32 Å². The first kappa shape index (κ1) is 14.0. The molecule has 0 aromatic heterocycles. The quantitative estimate of drug-likeness (QED) is 0.881. The Kier molecular flexibility index (Phi) is 4.53. The number of aryl methyl sites for hydroxylation is 1. The van der Waals surface area contributed by atoms with E-state index in [1.165, 1.54) is 12.1 Å². The molecule has 1 saturated carbocycles. The summed E-state index contributed by atoms with van der Waals surface area (Å²) in [4.78, 5) is 12.0. The smallest absolute Gasteiger partial charge is 0.251 e. The van der Waals surface area contributed by atoms with Gasteiger partial charge < -0.3 is 10.4 Å². The molecule has 104 valence electrons. The van der Waals surface area contributed by atoms with E-state index in [0.29, 0.717) is 18.0 Å². The molecule has 1 aliphatic carbocycles. The van der Waals surface area contributed by atoms with Crippen LogP contribution in [-0.2, 0) is 0 Å². The van der Waals surface area contributed by atoms with Gasteiger partial charge in [0.1, 0.15) is 5.82 Å². The summed E-state index contributed by atoms with van der Waals surface area (Å²) in [5, 5.41) is 12.3. The van der Waals surface area contributed by atoms with Crippen molar-refractivity contribution in [3.8, 4) is 0 Å². The number of hydrogen-bond donors (Lipinski definition) is 2. The molecule has 3 nitrogen and oxygen atoms in total. The first-order chi connectivity index (χ1) is 9.06. The minimum Gasteiger partial charge on any atom is -0.393 e. The highest BCUT2D eigenvalue weighted by atomic mass is 19.1. The van der Waals surface area contributed by atoms with Crippen LogP contribution in [-0.4, -0.2) is 23.7 Å². The second-order valence-corrected chi connectivity index (χ2v) is 5.34. The van der Waals surface area contributed by atoms with E-state index in [4.69, 9.17) is 0 Å². The second-order valence-electron chi connectivity index (χ2n) is 5.34. The Balaban J connectivity index is 1.89. The summed E-state index contributed by atoms with van der Waals surface area (Å²) in [6.45, 7) is 2.40. The van der Waals surface area contributed by atoms with Crippen molar-refractivity contribution in [2.75, 3.05) is 6.54 Å². The van der Waals surface area contributed by atoms with Crippen molar-refractivity contribution < 1.29 is 14.3 Å². The van der Waals surface area contributed by atoms with Crippen LogP contribution in [0.5, 0.6) is 0 Å². The van der Waals surface area contributed by atoms with Crippen molar-refractivity contribution in [3.63, 3.8) is 0 Å². The molecule has 1 aromatic carbocycles. The van der Waals surface area contributed by atoms with Gasteiger partial charge in [-0.05, 0) is 56.2 Å². The molecule has 2 N–H and O–H groups in total. The number of benzene rings is 1. The summed E-state index contributed by atoms with van der Waals surface area (Å²) >= 11 is 0. The maximum atomic E-state index is 13.1. The van der Waals surface area contributed by atoms with Crippen LogP contribution >= 0.6 is 0 Å². The molecule has 1 fully saturated rings. The molecule has 1 amide bonds. The van der Waals surface area contributed by atoms with E-state index in [1.807, 2.05) is 0 Å². The molecule has 0 heterocycles. The van der Waals surface area contributed by atoms with Gasteiger partial charge in [-0.3, -0.25) is 4.79 Å². The van der Waals surface area contributed by atoms with Gasteiger partial charge in [-0.1, -0.05) is 6.07 Å². The molecule has 0 atom stereocenters. The average molecular weight is 265 g/mol. The molecule has 0 unspecified atom stereocenters. The van der Waals surface area contributed by atoms with Crippen LogP contribution in [0.3, 0.4) is 0 Å². The summed E-state index contributed by atoms with van der Waals surface area (Å²) < 4.78 is 13.1. The molecule has 0 radical (unpaired) electrons. The Morgan fingerprint density at radius 2 is 2.05 bits per heavy atom. The number of rotatable bonds is 3. The summed E-state index contributed by atoms with van der Waals surface area (Å²) in [7, 11) is 0. The molecule has 4 heteroatoms. The maximum Gasteiger partial charge on any atom is 0.251 e. The fraction of sp³-hybridized carbons (Fsp3) is 0.533. The van der Waals surface area contributed by atoms with E-state index in [1.54, 1.807) is 13.0 Å². The lowest BCUT2D eigenvalue weighted by Gasteiger charge is -2.25. The third-order valence-electron chi connectivity index (χ3n) is 3.81. The van der Waals surface area contributed by atoms with Gasteiger partial charge >= 0.3 is 0 Å². The normalized spacial score (nSPS) is 23.1. The average Bonchev–Trinajstić information content (AvgIpc) is 2.40. The van der Waals surface area contributed by atoms with Gasteiger partial charge in [0, 0.05) is 12.1 Å². The van der Waals surface area contributed by atoms with Gasteiger partial charge in [-0.2, -0.15) is 0 Å². The minimum absolute atomic E-state index is 0.183. The van der Waals surface area contributed by atoms with Gasteiger partial charge in [0.15, 0.2) is 0 Å². The topological polar surface area (TPSA) is 49.3 Å². The lowest BCUT2D eigenvalue weighted by molar-refractivity contribution is 0.0909. The molecule has 1 aromatic rings. The summed E-state index contributed by atoms with van der Waals surface area (Å²) in [6.07, 6.45) is 3.30. The van der Waals surface area contributed by atoms with Crippen LogP contribution in [0.15, 0.2) is 18.2 Å². The molecule has 1 aliphatic rings. The first-order valence-corrected chi connectivity index (χ1v) is 6.78. The molecular weight excluding hydrogens is 245 g/mol. The Bertz CT molecular complexity index is 453. The Labute approximate surface area is 112 Å². The van der Waals surface area contributed by atoms with Gasteiger partial charge in [0.25, 0.3) is 5.91 Å². The molecular formula is C15H20FNO2. The fourth-order valence-corrected chi connectivity index (χ4v) is 2.52. The second kappa shape index (κ2) is 6.15. The van der Waals surface area contributed by atoms with Crippen LogP contribution in [0.1, 0.15) is 41.6 Å². The molecule has 2 rings (SSSR count). The van der Waals surface area contributed by atoms with E-state index in [9.17, 15) is 14.3 Å². The van der Waals surface area contributed by atoms with Crippen LogP contribution in [0, 0.1) is 18.7 Å². The summed E-state index contributed by atoms with van der Waals surface area (Å²) in [6, 6.07) is 4.24. The van der Waals surface area contributed by atoms with Gasteiger partial charge in [0.05, 0.1) is 6.10 Å². The lowest BCUT2D eigenvalue weighted by Crippen LogP contribution is -2.32. The molecule has 0 saturated heterocycles. The maximum absolute atomic E-state index is 13.1. The number of nitrogens with one attached hydrogen (secondary N) is 1. The Hall–Kier alpha value is -1.42. The first-order valence-electron chi connectivity index (χ1n) is 6.78. The van der Waals surface area contributed by atoms with E-state index in [0.717, 1.165) is 31.2 Å². The molecule has 0 spiro atoms. The van der Waals surface area contributed by atoms with E-state index < -0.39 is 5.82 Å². The van der Waals surface area contributed by atoms with E-state index >= 15 is 0 Å². The Morgan fingerprint density at radius 1 is 1.37 bits per heavy atom. The van der Waals surface area contributed by atoms with Gasteiger partial charge in [-0.25, -0.2) is 4.39 Å². The number of amides is 1. The largest absolute Gasteiger partial charge is 0.393 e. The molecule has 0 aliphatic heterocycles. The van der Waals surface area contributed by atoms with Crippen LogP contribution < -0.4 is 5.32 Å². The van der Waals surface area contributed by atoms with E-state index in [-0.39, 0.29) is 12.0 Å². The monoisotopic (exact) mass is 265 g/mol. The van der Waals surface area contributed by atoms with Crippen molar-refractivity contribution in [2.24, 2.45) is 5.92 Å². The number of hydrogen-bond acceptors (Lipinski definition) is 2. The SMILES string of the molecule is Cc1ccc(F)cc1C(=O)NCC1CCC(O)CC1. The highest BCUT2D eigenvalue weighted by molar-refractivity contribution is 5.95. The highest BCUT2D eigenvalue weighted by Crippen LogP contribution is 2.23. The fourth-order valence-electron chi connectivity index (χ4n) is 2.52. The van der Waals surface area contributed by atoms with Crippen molar-refractivity contribution >= 4 is 5.91 Å². The number of aliphatic hydroxyl groups is 1. The third-order valence-corrected chi connectivity index (χ3v) is 3.81. The van der Waals surface area contributed by atoms with Crippen molar-refractivity contribution in [1.29, 1.82) is 0 Å². The van der Waals surface area contributed by atoms with Crippen LogP contribution in [0.2, 0.25) is 0 Å². The van der Waals surface area contributed by atoms with Crippen LogP contribution in [0.4, 0.5) is 4.39 Å². The standard InChI is InChI=1S/C15H20FNO2/c1-10-2-5-12(16)8-14(10)15(19)17-9-11-3-6-13(18)7-4-11/h2,5,8,11,13,18H,3-4,6-7,9H2,1H3,(H,17,19). The zero-order valence-electron chi connectivity index (χ0n) is 11.2. The van der Waals surface area contributed by atoms with Crippen molar-refractivity contribution in [2.45, 2.75) is 38.7 Å². The number of halogens is 1. The Morgan fingerprint density at radius 3 is 2.74 bits per heavy atom. The van der Waals surface area contributed by atoms with Gasteiger partial charge in [0.2, 0.25) is 0 Å². The van der Waals surface area contributed by atoms with Crippen molar-refractivity contribution in [3.05, 3.63) is 35.1 Å². The molecule has 19 heavy (non-hydrogen) atoms. The van der Waals surface area contributed by atoms with Gasteiger partial charge in [-0.15, -0.1) is 0 Å². The number of aliphatic hydroxyl groups excluding tert-OH is 1. The predicted octanol–water partition coefficient (Wildman–Crippen LogP) is 2.42. The zero-order valence-corrected chi connectivity index (χ0v) is 11.2.